The summed E-state index contributed by atoms with van der Waals surface area (Å²) in [6, 6.07) is 10.3. The molecule has 0 unspecified atom stereocenters. The number of rotatable bonds is 9. The molecule has 0 atom stereocenters. The zero-order valence-electron chi connectivity index (χ0n) is 17.7. The molecule has 1 aliphatic rings. The van der Waals surface area contributed by atoms with E-state index >= 15 is 0 Å². The highest BCUT2D eigenvalue weighted by Crippen LogP contribution is 2.29. The molecule has 0 N–H and O–H groups in total. The number of methoxy groups -OCH3 is 1. The Kier molecular flexibility index (Phi) is 7.18. The highest BCUT2D eigenvalue weighted by molar-refractivity contribution is 6.34. The van der Waals surface area contributed by atoms with Crippen molar-refractivity contribution in [2.24, 2.45) is 0 Å². The Labute approximate surface area is 180 Å². The number of benzene rings is 2. The summed E-state index contributed by atoms with van der Waals surface area (Å²) < 4.78 is 9.95. The van der Waals surface area contributed by atoms with Crippen LogP contribution in [0.5, 0.6) is 0 Å². The van der Waals surface area contributed by atoms with Crippen LogP contribution in [0.1, 0.15) is 80.5 Å². The van der Waals surface area contributed by atoms with Gasteiger partial charge < -0.3 is 9.47 Å². The average Bonchev–Trinajstić information content (AvgIpc) is 3.05. The Morgan fingerprint density at radius 1 is 0.806 bits per heavy atom. The minimum Gasteiger partial charge on any atom is -0.465 e. The Balaban J connectivity index is 1.67. The number of fused-ring (bicyclic) bond motifs is 1. The van der Waals surface area contributed by atoms with Gasteiger partial charge in [0.25, 0.3) is 11.8 Å². The zero-order chi connectivity index (χ0) is 22.4. The Bertz CT molecular complexity index is 996. The molecule has 1 heterocycles. The first kappa shape index (κ1) is 22.2. The lowest BCUT2D eigenvalue weighted by molar-refractivity contribution is 0.0496. The fourth-order valence-electron chi connectivity index (χ4n) is 3.42. The molecule has 2 aromatic carbocycles. The van der Waals surface area contributed by atoms with Crippen LogP contribution in [0.15, 0.2) is 42.5 Å². The molecule has 0 saturated carbocycles. The Morgan fingerprint density at radius 2 is 1.45 bits per heavy atom. The van der Waals surface area contributed by atoms with Crippen molar-refractivity contribution in [3.05, 3.63) is 64.7 Å². The fraction of sp³-hybridized carbons (Fsp3) is 0.333. The molecular weight excluding hydrogens is 398 g/mol. The van der Waals surface area contributed by atoms with Gasteiger partial charge in [-0.3, -0.25) is 9.59 Å². The number of imide groups is 1. The molecule has 0 fully saturated rings. The number of unbranched alkanes of at least 4 members (excludes halogenated alkanes) is 4. The quantitative estimate of drug-likeness (QED) is 0.337. The van der Waals surface area contributed by atoms with Crippen LogP contribution in [0.4, 0.5) is 5.69 Å². The van der Waals surface area contributed by atoms with Crippen molar-refractivity contribution in [3.63, 3.8) is 0 Å². The van der Waals surface area contributed by atoms with Gasteiger partial charge in [-0.25, -0.2) is 14.5 Å². The standard InChI is InChI=1S/C24H25NO6/c1-3-4-5-6-7-14-31-24(29)16-8-11-18(12-9-16)25-21(26)19-13-10-17(23(28)30-2)15-20(19)22(25)27/h8-13,15H,3-7,14H2,1-2H3. The maximum Gasteiger partial charge on any atom is 0.338 e. The van der Waals surface area contributed by atoms with Crippen molar-refractivity contribution < 1.29 is 28.7 Å². The topological polar surface area (TPSA) is 90.0 Å². The Hall–Kier alpha value is -3.48. The summed E-state index contributed by atoms with van der Waals surface area (Å²) in [4.78, 5) is 50.5. The molecule has 2 aromatic rings. The van der Waals surface area contributed by atoms with E-state index in [0.717, 1.165) is 30.6 Å². The van der Waals surface area contributed by atoms with Crippen LogP contribution in [-0.2, 0) is 9.47 Å². The first-order valence-electron chi connectivity index (χ1n) is 10.4. The predicted molar refractivity (Wildman–Crippen MR) is 114 cm³/mol. The van der Waals surface area contributed by atoms with Gasteiger partial charge in [0.2, 0.25) is 0 Å². The maximum absolute atomic E-state index is 12.8. The van der Waals surface area contributed by atoms with E-state index in [9.17, 15) is 19.2 Å². The fourth-order valence-corrected chi connectivity index (χ4v) is 3.42. The summed E-state index contributed by atoms with van der Waals surface area (Å²) in [5, 5.41) is 0. The smallest absolute Gasteiger partial charge is 0.338 e. The van der Waals surface area contributed by atoms with Crippen molar-refractivity contribution in [1.29, 1.82) is 0 Å². The first-order valence-corrected chi connectivity index (χ1v) is 10.4. The molecule has 7 heteroatoms. The van der Waals surface area contributed by atoms with Gasteiger partial charge in [0.1, 0.15) is 0 Å². The number of hydrogen-bond acceptors (Lipinski definition) is 6. The average molecular weight is 423 g/mol. The van der Waals surface area contributed by atoms with Crippen molar-refractivity contribution in [2.75, 3.05) is 18.6 Å². The van der Waals surface area contributed by atoms with Gasteiger partial charge in [0, 0.05) is 0 Å². The molecule has 3 rings (SSSR count). The van der Waals surface area contributed by atoms with E-state index in [1.165, 1.54) is 56.0 Å². The van der Waals surface area contributed by atoms with Gasteiger partial charge in [0.15, 0.2) is 0 Å². The van der Waals surface area contributed by atoms with Crippen LogP contribution >= 0.6 is 0 Å². The van der Waals surface area contributed by atoms with Crippen LogP contribution < -0.4 is 4.90 Å². The number of carbonyl (C=O) groups excluding carboxylic acids is 4. The Morgan fingerprint density at radius 3 is 2.13 bits per heavy atom. The maximum atomic E-state index is 12.8. The van der Waals surface area contributed by atoms with E-state index in [2.05, 4.69) is 11.7 Å². The lowest BCUT2D eigenvalue weighted by Gasteiger charge is -2.14. The van der Waals surface area contributed by atoms with Gasteiger partial charge in [-0.15, -0.1) is 0 Å². The highest BCUT2D eigenvalue weighted by atomic mass is 16.5. The summed E-state index contributed by atoms with van der Waals surface area (Å²) in [5.74, 6) is -2.05. The van der Waals surface area contributed by atoms with Crippen LogP contribution in [0, 0.1) is 0 Å². The SMILES string of the molecule is CCCCCCCOC(=O)c1ccc(N2C(=O)c3ccc(C(=O)OC)cc3C2=O)cc1. The number of esters is 2. The van der Waals surface area contributed by atoms with Gasteiger partial charge >= 0.3 is 11.9 Å². The largest absolute Gasteiger partial charge is 0.465 e. The highest BCUT2D eigenvalue weighted by Gasteiger charge is 2.37. The van der Waals surface area contributed by atoms with E-state index in [1.54, 1.807) is 0 Å². The third-order valence-corrected chi connectivity index (χ3v) is 5.15. The van der Waals surface area contributed by atoms with E-state index in [-0.39, 0.29) is 16.7 Å². The molecule has 31 heavy (non-hydrogen) atoms. The summed E-state index contributed by atoms with van der Waals surface area (Å²) in [6.45, 7) is 2.51. The van der Waals surface area contributed by atoms with E-state index < -0.39 is 23.8 Å². The summed E-state index contributed by atoms with van der Waals surface area (Å²) in [5.41, 5.74) is 1.23. The predicted octanol–water partition coefficient (Wildman–Crippen LogP) is 4.40. The normalized spacial score (nSPS) is 12.6. The lowest BCUT2D eigenvalue weighted by Crippen LogP contribution is -2.29. The molecule has 0 bridgehead atoms. The molecule has 0 aliphatic carbocycles. The van der Waals surface area contributed by atoms with Gasteiger partial charge in [-0.1, -0.05) is 32.6 Å². The third kappa shape index (κ3) is 4.82. The van der Waals surface area contributed by atoms with Crippen molar-refractivity contribution >= 4 is 29.4 Å². The van der Waals surface area contributed by atoms with Gasteiger partial charge in [0.05, 0.1) is 41.7 Å². The molecule has 1 aliphatic heterocycles. The van der Waals surface area contributed by atoms with Crippen LogP contribution in [0.3, 0.4) is 0 Å². The summed E-state index contributed by atoms with van der Waals surface area (Å²) >= 11 is 0. The molecular formula is C24H25NO6. The molecule has 0 saturated heterocycles. The van der Waals surface area contributed by atoms with Crippen molar-refractivity contribution in [1.82, 2.24) is 0 Å². The van der Waals surface area contributed by atoms with Crippen LogP contribution in [0.25, 0.3) is 0 Å². The minimum absolute atomic E-state index is 0.138. The third-order valence-electron chi connectivity index (χ3n) is 5.15. The summed E-state index contributed by atoms with van der Waals surface area (Å²) in [6.07, 6.45) is 5.32. The number of amides is 2. The minimum atomic E-state index is -0.588. The van der Waals surface area contributed by atoms with Gasteiger partial charge in [-0.05, 0) is 48.9 Å². The number of nitrogens with zero attached hydrogens (tertiary/aromatic N) is 1. The second kappa shape index (κ2) is 10.0. The molecule has 7 nitrogen and oxygen atoms in total. The molecule has 0 spiro atoms. The van der Waals surface area contributed by atoms with Crippen LogP contribution in [0.2, 0.25) is 0 Å². The van der Waals surface area contributed by atoms with Crippen molar-refractivity contribution in [3.8, 4) is 0 Å². The lowest BCUT2D eigenvalue weighted by atomic mass is 10.1. The van der Waals surface area contributed by atoms with E-state index in [4.69, 9.17) is 4.74 Å². The van der Waals surface area contributed by atoms with E-state index in [1.807, 2.05) is 0 Å². The van der Waals surface area contributed by atoms with Crippen LogP contribution in [-0.4, -0.2) is 37.5 Å². The molecule has 2 amide bonds. The second-order valence-corrected chi connectivity index (χ2v) is 7.29. The molecule has 162 valence electrons. The number of hydrogen-bond donors (Lipinski definition) is 0. The number of carbonyl (C=O) groups is 4. The van der Waals surface area contributed by atoms with Gasteiger partial charge in [-0.2, -0.15) is 0 Å². The molecule has 0 radical (unpaired) electrons. The first-order chi connectivity index (χ1) is 15.0. The zero-order valence-corrected chi connectivity index (χ0v) is 17.7. The monoisotopic (exact) mass is 423 g/mol. The number of anilines is 1. The number of ether oxygens (including phenoxy) is 2. The molecule has 0 aromatic heterocycles. The van der Waals surface area contributed by atoms with E-state index in [0.29, 0.717) is 17.9 Å². The van der Waals surface area contributed by atoms with Crippen molar-refractivity contribution in [2.45, 2.75) is 39.0 Å². The summed E-state index contributed by atoms with van der Waals surface area (Å²) in [7, 11) is 1.24. The second-order valence-electron chi connectivity index (χ2n) is 7.29.